The Morgan fingerprint density at radius 1 is 1.26 bits per heavy atom. The number of fused-ring (bicyclic) bond motifs is 2. The Morgan fingerprint density at radius 3 is 2.87 bits per heavy atom. The molecule has 1 amide bonds. The van der Waals surface area contributed by atoms with Crippen molar-refractivity contribution in [2.75, 3.05) is 5.32 Å². The minimum atomic E-state index is 0.0596. The molecule has 0 saturated heterocycles. The van der Waals surface area contributed by atoms with Gasteiger partial charge in [-0.15, -0.1) is 10.2 Å². The summed E-state index contributed by atoms with van der Waals surface area (Å²) >= 11 is 7.54. The third-order valence-corrected chi connectivity index (χ3v) is 6.31. The monoisotopic (exact) mass is 347 g/mol. The fourth-order valence-corrected chi connectivity index (χ4v) is 5.13. The largest absolute Gasteiger partial charge is 0.301 e. The van der Waals surface area contributed by atoms with Gasteiger partial charge in [-0.05, 0) is 43.1 Å². The molecule has 4 nitrogen and oxygen atoms in total. The van der Waals surface area contributed by atoms with Crippen molar-refractivity contribution in [2.24, 2.45) is 17.8 Å². The third kappa shape index (κ3) is 3.12. The molecule has 0 spiro atoms. The van der Waals surface area contributed by atoms with E-state index in [2.05, 4.69) is 15.5 Å². The molecule has 1 N–H and O–H groups in total. The van der Waals surface area contributed by atoms with Gasteiger partial charge in [-0.25, -0.2) is 0 Å². The first-order chi connectivity index (χ1) is 11.2. The molecule has 2 saturated carbocycles. The lowest BCUT2D eigenvalue weighted by Gasteiger charge is -2.20. The van der Waals surface area contributed by atoms with Gasteiger partial charge in [0.2, 0.25) is 11.0 Å². The Kier molecular flexibility index (Phi) is 4.07. The van der Waals surface area contributed by atoms with Crippen LogP contribution in [-0.2, 0) is 4.79 Å². The Balaban J connectivity index is 1.40. The zero-order valence-electron chi connectivity index (χ0n) is 12.7. The number of carbonyl (C=O) groups excluding carboxylic acids is 1. The number of aromatic nitrogens is 2. The fraction of sp³-hybridized carbons (Fsp3) is 0.471. The molecule has 6 heteroatoms. The predicted octanol–water partition coefficient (Wildman–Crippen LogP) is 4.62. The lowest BCUT2D eigenvalue weighted by Crippen LogP contribution is -2.20. The number of hydrogen-bond acceptors (Lipinski definition) is 4. The SMILES string of the molecule is O=C(CC1CC2CCC1C2)Nc1nnc(-c2ccccc2Cl)s1. The first-order valence-corrected chi connectivity index (χ1v) is 9.27. The summed E-state index contributed by atoms with van der Waals surface area (Å²) < 4.78 is 0. The van der Waals surface area contributed by atoms with Gasteiger partial charge in [0.1, 0.15) is 0 Å². The molecule has 0 aliphatic heterocycles. The van der Waals surface area contributed by atoms with E-state index in [1.807, 2.05) is 24.3 Å². The van der Waals surface area contributed by atoms with E-state index >= 15 is 0 Å². The van der Waals surface area contributed by atoms with Crippen molar-refractivity contribution in [3.05, 3.63) is 29.3 Å². The lowest BCUT2D eigenvalue weighted by atomic mass is 9.86. The molecule has 23 heavy (non-hydrogen) atoms. The number of amides is 1. The van der Waals surface area contributed by atoms with Gasteiger partial charge in [0, 0.05) is 12.0 Å². The Hall–Kier alpha value is -1.46. The Bertz CT molecular complexity index is 732. The van der Waals surface area contributed by atoms with Gasteiger partial charge < -0.3 is 5.32 Å². The summed E-state index contributed by atoms with van der Waals surface area (Å²) in [6.07, 6.45) is 5.83. The van der Waals surface area contributed by atoms with E-state index in [0.29, 0.717) is 22.5 Å². The second-order valence-corrected chi connectivity index (χ2v) is 7.96. The van der Waals surface area contributed by atoms with Crippen molar-refractivity contribution in [3.63, 3.8) is 0 Å². The second kappa shape index (κ2) is 6.21. The van der Waals surface area contributed by atoms with Crippen molar-refractivity contribution in [1.82, 2.24) is 10.2 Å². The van der Waals surface area contributed by atoms with Crippen LogP contribution in [0.4, 0.5) is 5.13 Å². The summed E-state index contributed by atoms with van der Waals surface area (Å²) in [5, 5.41) is 13.0. The Labute approximate surface area is 144 Å². The third-order valence-electron chi connectivity index (χ3n) is 5.11. The highest BCUT2D eigenvalue weighted by molar-refractivity contribution is 7.18. The number of anilines is 1. The second-order valence-electron chi connectivity index (χ2n) is 6.58. The van der Waals surface area contributed by atoms with E-state index in [-0.39, 0.29) is 5.91 Å². The molecule has 0 radical (unpaired) electrons. The molecular weight excluding hydrogens is 330 g/mol. The molecule has 1 aromatic heterocycles. The fourth-order valence-electron chi connectivity index (χ4n) is 4.05. The first kappa shape index (κ1) is 15.1. The molecule has 4 rings (SSSR count). The molecular formula is C17H18ClN3OS. The number of rotatable bonds is 4. The van der Waals surface area contributed by atoms with Crippen LogP contribution in [0.15, 0.2) is 24.3 Å². The van der Waals surface area contributed by atoms with Gasteiger partial charge in [-0.3, -0.25) is 4.79 Å². The summed E-state index contributed by atoms with van der Waals surface area (Å²) in [6, 6.07) is 7.52. The number of nitrogens with one attached hydrogen (secondary N) is 1. The van der Waals surface area contributed by atoms with Crippen LogP contribution < -0.4 is 5.32 Å². The highest BCUT2D eigenvalue weighted by Crippen LogP contribution is 2.49. The minimum absolute atomic E-state index is 0.0596. The quantitative estimate of drug-likeness (QED) is 0.877. The number of hydrogen-bond donors (Lipinski definition) is 1. The predicted molar refractivity (Wildman–Crippen MR) is 92.5 cm³/mol. The smallest absolute Gasteiger partial charge is 0.226 e. The molecule has 2 bridgehead atoms. The van der Waals surface area contributed by atoms with Crippen molar-refractivity contribution >= 4 is 34.0 Å². The van der Waals surface area contributed by atoms with Gasteiger partial charge in [-0.2, -0.15) is 0 Å². The first-order valence-electron chi connectivity index (χ1n) is 8.07. The summed E-state index contributed by atoms with van der Waals surface area (Å²) in [7, 11) is 0. The average Bonchev–Trinajstić information content (AvgIpc) is 3.24. The lowest BCUT2D eigenvalue weighted by molar-refractivity contribution is -0.117. The van der Waals surface area contributed by atoms with Crippen molar-refractivity contribution in [1.29, 1.82) is 0 Å². The van der Waals surface area contributed by atoms with Crippen LogP contribution in [0, 0.1) is 17.8 Å². The number of carbonyl (C=O) groups is 1. The molecule has 1 aromatic carbocycles. The zero-order valence-corrected chi connectivity index (χ0v) is 14.2. The normalized spacial score (nSPS) is 25.7. The number of benzene rings is 1. The average molecular weight is 348 g/mol. The van der Waals surface area contributed by atoms with Crippen molar-refractivity contribution < 1.29 is 4.79 Å². The molecule has 3 atom stereocenters. The maximum atomic E-state index is 12.3. The number of halogens is 1. The van der Waals surface area contributed by atoms with Crippen LogP contribution in [-0.4, -0.2) is 16.1 Å². The maximum Gasteiger partial charge on any atom is 0.226 e. The number of nitrogens with zero attached hydrogens (tertiary/aromatic N) is 2. The van der Waals surface area contributed by atoms with Crippen molar-refractivity contribution in [3.8, 4) is 10.6 Å². The minimum Gasteiger partial charge on any atom is -0.301 e. The zero-order chi connectivity index (χ0) is 15.8. The molecule has 3 unspecified atom stereocenters. The highest BCUT2D eigenvalue weighted by Gasteiger charge is 2.40. The molecule has 1 heterocycles. The van der Waals surface area contributed by atoms with Crippen molar-refractivity contribution in [2.45, 2.75) is 32.1 Å². The molecule has 2 aliphatic rings. The van der Waals surface area contributed by atoms with E-state index in [4.69, 9.17) is 11.6 Å². The summed E-state index contributed by atoms with van der Waals surface area (Å²) in [5.41, 5.74) is 0.847. The van der Waals surface area contributed by atoms with E-state index in [1.54, 1.807) is 0 Å². The molecule has 2 aliphatic carbocycles. The van der Waals surface area contributed by atoms with Gasteiger partial charge in [-0.1, -0.05) is 47.6 Å². The van der Waals surface area contributed by atoms with Crippen LogP contribution in [0.3, 0.4) is 0 Å². The van der Waals surface area contributed by atoms with Gasteiger partial charge in [0.15, 0.2) is 5.01 Å². The van der Waals surface area contributed by atoms with Gasteiger partial charge in [0.05, 0.1) is 5.02 Å². The molecule has 2 aromatic rings. The van der Waals surface area contributed by atoms with Crippen LogP contribution in [0.25, 0.3) is 10.6 Å². The summed E-state index contributed by atoms with van der Waals surface area (Å²) in [5.74, 6) is 2.25. The van der Waals surface area contributed by atoms with Crippen LogP contribution >= 0.6 is 22.9 Å². The van der Waals surface area contributed by atoms with E-state index < -0.39 is 0 Å². The van der Waals surface area contributed by atoms with E-state index in [1.165, 1.54) is 37.0 Å². The standard InChI is InChI=1S/C17H18ClN3OS/c18-14-4-2-1-3-13(14)16-20-21-17(23-16)19-15(22)9-12-8-10-5-6-11(12)7-10/h1-4,10-12H,5-9H2,(H,19,21,22). The highest BCUT2D eigenvalue weighted by atomic mass is 35.5. The van der Waals surface area contributed by atoms with Gasteiger partial charge in [0.25, 0.3) is 0 Å². The Morgan fingerprint density at radius 2 is 2.13 bits per heavy atom. The van der Waals surface area contributed by atoms with E-state index in [9.17, 15) is 4.79 Å². The molecule has 120 valence electrons. The summed E-state index contributed by atoms with van der Waals surface area (Å²) in [4.78, 5) is 12.3. The maximum absolute atomic E-state index is 12.3. The van der Waals surface area contributed by atoms with E-state index in [0.717, 1.165) is 22.4 Å². The van der Waals surface area contributed by atoms with Gasteiger partial charge >= 0.3 is 0 Å². The van der Waals surface area contributed by atoms with Crippen LogP contribution in [0.2, 0.25) is 5.02 Å². The van der Waals surface area contributed by atoms with Crippen LogP contribution in [0.1, 0.15) is 32.1 Å². The molecule has 2 fully saturated rings. The summed E-state index contributed by atoms with van der Waals surface area (Å²) in [6.45, 7) is 0. The van der Waals surface area contributed by atoms with Crippen LogP contribution in [0.5, 0.6) is 0 Å². The topological polar surface area (TPSA) is 54.9 Å².